The monoisotopic (exact) mass is 533 g/mol. The summed E-state index contributed by atoms with van der Waals surface area (Å²) < 4.78 is 16.8. The number of fused-ring (bicyclic) bond motifs is 3. The lowest BCUT2D eigenvalue weighted by atomic mass is 9.90. The van der Waals surface area contributed by atoms with Crippen molar-refractivity contribution in [3.8, 4) is 11.1 Å². The Labute approximate surface area is 225 Å². The number of halogens is 1. The number of amides is 1. The van der Waals surface area contributed by atoms with Crippen molar-refractivity contribution in [2.75, 3.05) is 23.3 Å². The molecule has 204 valence electrons. The number of carbonyl (C=O) groups is 2. The van der Waals surface area contributed by atoms with Crippen LogP contribution in [0.2, 0.25) is 0 Å². The summed E-state index contributed by atoms with van der Waals surface area (Å²) in [5, 5.41) is 13.3. The van der Waals surface area contributed by atoms with Crippen LogP contribution in [0, 0.1) is 11.3 Å². The minimum absolute atomic E-state index is 0.138. The fourth-order valence-electron chi connectivity index (χ4n) is 6.05. The molecule has 1 amide bonds. The zero-order valence-electron chi connectivity index (χ0n) is 22.3. The number of carbonyl (C=O) groups excluding carboxylic acids is 2. The molecule has 0 aromatic carbocycles. The Morgan fingerprint density at radius 1 is 1.23 bits per heavy atom. The molecule has 3 aromatic rings. The van der Waals surface area contributed by atoms with E-state index in [1.165, 1.54) is 15.8 Å². The van der Waals surface area contributed by atoms with Gasteiger partial charge in [-0.05, 0) is 54.0 Å². The van der Waals surface area contributed by atoms with E-state index >= 15 is 0 Å². The molecular formula is C29H32FN5O4. The van der Waals surface area contributed by atoms with E-state index in [0.717, 1.165) is 12.8 Å². The number of aliphatic hydroxyl groups excluding tert-OH is 1. The van der Waals surface area contributed by atoms with Gasteiger partial charge in [-0.25, -0.2) is 9.37 Å². The van der Waals surface area contributed by atoms with E-state index in [2.05, 4.69) is 28.7 Å². The van der Waals surface area contributed by atoms with E-state index in [1.807, 2.05) is 6.07 Å². The summed E-state index contributed by atoms with van der Waals surface area (Å²) in [6.45, 7) is 5.05. The quantitative estimate of drug-likeness (QED) is 0.484. The van der Waals surface area contributed by atoms with E-state index in [9.17, 15) is 23.9 Å². The summed E-state index contributed by atoms with van der Waals surface area (Å²) >= 11 is 0. The molecule has 0 unspecified atom stereocenters. The van der Waals surface area contributed by atoms with Crippen LogP contribution < -0.4 is 15.8 Å². The number of ketones is 1. The molecule has 10 heteroatoms. The predicted molar refractivity (Wildman–Crippen MR) is 145 cm³/mol. The topological polar surface area (TPSA) is 109 Å². The van der Waals surface area contributed by atoms with Crippen molar-refractivity contribution in [1.82, 2.24) is 14.1 Å². The highest BCUT2D eigenvalue weighted by Crippen LogP contribution is 2.40. The lowest BCUT2D eigenvalue weighted by molar-refractivity contribution is -0.118. The fraction of sp³-hybridized carbons (Fsp3) is 0.448. The van der Waals surface area contributed by atoms with Gasteiger partial charge in [0.2, 0.25) is 0 Å². The molecule has 1 aliphatic heterocycles. The Balaban J connectivity index is 1.32. The first-order chi connectivity index (χ1) is 18.6. The largest absolute Gasteiger partial charge is 0.392 e. The number of pyridine rings is 2. The maximum Gasteiger partial charge on any atom is 0.276 e. The molecule has 6 rings (SSSR count). The summed E-state index contributed by atoms with van der Waals surface area (Å²) in [6.07, 6.45) is 4.25. The molecule has 1 saturated carbocycles. The number of alkyl halides is 1. The van der Waals surface area contributed by atoms with Crippen molar-refractivity contribution in [3.63, 3.8) is 0 Å². The van der Waals surface area contributed by atoms with Gasteiger partial charge in [0, 0.05) is 49.4 Å². The Morgan fingerprint density at radius 3 is 2.72 bits per heavy atom. The number of aryl methyl sites for hydroxylation is 1. The van der Waals surface area contributed by atoms with Crippen LogP contribution in [0.15, 0.2) is 35.4 Å². The maximum atomic E-state index is 13.7. The highest BCUT2D eigenvalue weighted by molar-refractivity contribution is 6.06. The molecule has 1 fully saturated rings. The molecular weight excluding hydrogens is 501 g/mol. The van der Waals surface area contributed by atoms with Crippen molar-refractivity contribution >= 4 is 23.2 Å². The summed E-state index contributed by atoms with van der Waals surface area (Å²) in [6, 6.07) is 5.35. The molecule has 9 nitrogen and oxygen atoms in total. The van der Waals surface area contributed by atoms with E-state index in [-0.39, 0.29) is 47.9 Å². The number of nitrogens with one attached hydrogen (secondary N) is 1. The van der Waals surface area contributed by atoms with E-state index in [4.69, 9.17) is 0 Å². The second-order valence-electron chi connectivity index (χ2n) is 11.7. The Hall–Kier alpha value is -3.79. The van der Waals surface area contributed by atoms with Crippen LogP contribution in [-0.4, -0.2) is 50.2 Å². The van der Waals surface area contributed by atoms with E-state index < -0.39 is 12.1 Å². The van der Waals surface area contributed by atoms with Gasteiger partial charge >= 0.3 is 0 Å². The highest BCUT2D eigenvalue weighted by Gasteiger charge is 2.43. The third-order valence-corrected chi connectivity index (χ3v) is 8.15. The molecule has 4 heterocycles. The first kappa shape index (κ1) is 25.5. The van der Waals surface area contributed by atoms with Crippen molar-refractivity contribution in [3.05, 3.63) is 63.5 Å². The first-order valence-electron chi connectivity index (χ1n) is 13.3. The molecule has 0 spiro atoms. The fourth-order valence-corrected chi connectivity index (χ4v) is 6.05. The molecule has 0 bridgehead atoms. The van der Waals surface area contributed by atoms with Crippen molar-refractivity contribution in [2.24, 2.45) is 18.4 Å². The van der Waals surface area contributed by atoms with Gasteiger partial charge in [0.1, 0.15) is 23.4 Å². The van der Waals surface area contributed by atoms with Gasteiger partial charge < -0.3 is 19.6 Å². The smallest absolute Gasteiger partial charge is 0.276 e. The lowest BCUT2D eigenvalue weighted by Gasteiger charge is -2.31. The Bertz CT molecular complexity index is 1570. The first-order valence-corrected chi connectivity index (χ1v) is 13.3. The molecule has 3 aromatic heterocycles. The number of Topliss-reactive ketones (excluding diaryl/α,β-unsaturated/α-hetero) is 1. The average Bonchev–Trinajstić information content (AvgIpc) is 3.43. The molecule has 3 aliphatic rings. The van der Waals surface area contributed by atoms with Gasteiger partial charge in [-0.3, -0.25) is 19.3 Å². The highest BCUT2D eigenvalue weighted by atomic mass is 19.1. The molecule has 0 saturated heterocycles. The number of anilines is 2. The number of aromatic nitrogens is 3. The second kappa shape index (κ2) is 9.15. The van der Waals surface area contributed by atoms with Crippen LogP contribution in [0.4, 0.5) is 15.9 Å². The summed E-state index contributed by atoms with van der Waals surface area (Å²) in [4.78, 5) is 44.7. The number of hydrogen-bond acceptors (Lipinski definition) is 6. The van der Waals surface area contributed by atoms with Crippen molar-refractivity contribution in [2.45, 2.75) is 52.4 Å². The normalized spacial score (nSPS) is 21.1. The third-order valence-electron chi connectivity index (χ3n) is 8.15. The summed E-state index contributed by atoms with van der Waals surface area (Å²) in [5.41, 5.74) is 4.87. The maximum absolute atomic E-state index is 13.7. The second-order valence-corrected chi connectivity index (χ2v) is 11.7. The standard InChI is InChI=1S/C29H32FN5O4/c1-29(2)11-16-9-23-28(39)35(7-6-34(23)24(16)12-29)26-20(15-36)18(4-5-31-26)17-8-22(27(38)33(3)14-17)32-13-25(37)19-10-21(19)30/h4-5,8-9,14,19,21,32,36H,6-7,10-13,15H2,1-3H3/t19-,21+/m0/s1. The molecule has 2 atom stereocenters. The lowest BCUT2D eigenvalue weighted by Crippen LogP contribution is -2.41. The SMILES string of the molecule is Cn1cc(-c2ccnc(N3CCn4c(cc5c4CC(C)(C)C5)C3=O)c2CO)cc(NCC(=O)[C@H]2C[C@H]2F)c1=O. The zero-order chi connectivity index (χ0) is 27.6. The van der Waals surface area contributed by atoms with E-state index in [0.29, 0.717) is 41.3 Å². The van der Waals surface area contributed by atoms with Gasteiger partial charge in [0.05, 0.1) is 19.1 Å². The van der Waals surface area contributed by atoms with E-state index in [1.54, 1.807) is 36.5 Å². The number of rotatable bonds is 7. The van der Waals surface area contributed by atoms with Crippen LogP contribution >= 0.6 is 0 Å². The third kappa shape index (κ3) is 4.36. The zero-order valence-corrected chi connectivity index (χ0v) is 22.3. The molecule has 2 aliphatic carbocycles. The predicted octanol–water partition coefficient (Wildman–Crippen LogP) is 2.87. The summed E-state index contributed by atoms with van der Waals surface area (Å²) in [7, 11) is 1.60. The number of nitrogens with zero attached hydrogens (tertiary/aromatic N) is 4. The van der Waals surface area contributed by atoms with Crippen LogP contribution in [0.25, 0.3) is 11.1 Å². The van der Waals surface area contributed by atoms with Gasteiger partial charge in [-0.1, -0.05) is 13.8 Å². The van der Waals surface area contributed by atoms with Crippen LogP contribution in [-0.2, 0) is 37.8 Å². The number of hydrogen-bond donors (Lipinski definition) is 2. The average molecular weight is 534 g/mol. The number of aliphatic hydroxyl groups is 1. The van der Waals surface area contributed by atoms with Crippen LogP contribution in [0.1, 0.15) is 47.6 Å². The van der Waals surface area contributed by atoms with Crippen molar-refractivity contribution in [1.29, 1.82) is 0 Å². The van der Waals surface area contributed by atoms with Crippen LogP contribution in [0.5, 0.6) is 0 Å². The minimum atomic E-state index is -1.09. The van der Waals surface area contributed by atoms with Gasteiger partial charge in [0.25, 0.3) is 11.5 Å². The molecule has 39 heavy (non-hydrogen) atoms. The van der Waals surface area contributed by atoms with Gasteiger partial charge in [-0.2, -0.15) is 0 Å². The Kier molecular flexibility index (Phi) is 5.98. The Morgan fingerprint density at radius 2 is 2.00 bits per heavy atom. The minimum Gasteiger partial charge on any atom is -0.392 e. The van der Waals surface area contributed by atoms with Crippen LogP contribution in [0.3, 0.4) is 0 Å². The molecule has 2 N–H and O–H groups in total. The van der Waals surface area contributed by atoms with Gasteiger partial charge in [-0.15, -0.1) is 0 Å². The molecule has 0 radical (unpaired) electrons. The summed E-state index contributed by atoms with van der Waals surface area (Å²) in [5.74, 6) is -0.626. The van der Waals surface area contributed by atoms with Crippen molar-refractivity contribution < 1.29 is 19.1 Å². The van der Waals surface area contributed by atoms with Gasteiger partial charge in [0.15, 0.2) is 5.78 Å².